The number of halogens is 1. The number of aromatic nitrogens is 3. The number of hydrogen-bond donors (Lipinski definition) is 2. The maximum Gasteiger partial charge on any atom is 0.250 e. The largest absolute Gasteiger partial charge is 0.495 e. The molecule has 0 spiro atoms. The number of thiocarbonyl (C=S) groups is 1. The van der Waals surface area contributed by atoms with Crippen molar-refractivity contribution in [1.82, 2.24) is 19.9 Å². The van der Waals surface area contributed by atoms with Gasteiger partial charge in [-0.25, -0.2) is 4.98 Å². The van der Waals surface area contributed by atoms with Gasteiger partial charge in [0.1, 0.15) is 24.2 Å². The van der Waals surface area contributed by atoms with Crippen LogP contribution in [0.15, 0.2) is 79.3 Å². The number of carbonyl (C=O) groups is 1. The highest BCUT2D eigenvalue weighted by molar-refractivity contribution is 7.80. The van der Waals surface area contributed by atoms with Crippen molar-refractivity contribution in [2.45, 2.75) is 12.1 Å². The minimum Gasteiger partial charge on any atom is -0.495 e. The number of carbonyl (C=O) groups excluding carboxylic acids is 1. The van der Waals surface area contributed by atoms with Crippen molar-refractivity contribution in [2.24, 2.45) is 0 Å². The molecule has 0 bridgehead atoms. The van der Waals surface area contributed by atoms with Gasteiger partial charge in [-0.3, -0.25) is 9.78 Å². The molecule has 2 atom stereocenters. The van der Waals surface area contributed by atoms with Gasteiger partial charge in [0.05, 0.1) is 29.6 Å². The molecular formula is C27H25ClN6O3S. The Morgan fingerprint density at radius 3 is 2.71 bits per heavy atom. The lowest BCUT2D eigenvalue weighted by atomic mass is 10.0. The van der Waals surface area contributed by atoms with Crippen LogP contribution in [-0.2, 0) is 9.53 Å². The summed E-state index contributed by atoms with van der Waals surface area (Å²) >= 11 is 12.0. The molecule has 0 radical (unpaired) electrons. The first kappa shape index (κ1) is 25.7. The van der Waals surface area contributed by atoms with Crippen molar-refractivity contribution >= 4 is 46.2 Å². The number of nitrogens with one attached hydrogen (secondary N) is 2. The molecule has 5 rings (SSSR count). The van der Waals surface area contributed by atoms with E-state index in [1.54, 1.807) is 31.6 Å². The number of benzene rings is 1. The van der Waals surface area contributed by atoms with Gasteiger partial charge in [0.15, 0.2) is 5.11 Å². The Labute approximate surface area is 230 Å². The predicted octanol–water partition coefficient (Wildman–Crippen LogP) is 4.69. The lowest BCUT2D eigenvalue weighted by Gasteiger charge is -2.29. The smallest absolute Gasteiger partial charge is 0.250 e. The third kappa shape index (κ3) is 5.06. The summed E-state index contributed by atoms with van der Waals surface area (Å²) in [4.78, 5) is 23.5. The van der Waals surface area contributed by atoms with Crippen LogP contribution in [0.25, 0.3) is 5.82 Å². The maximum atomic E-state index is 12.3. The normalized spacial score (nSPS) is 16.8. The minimum atomic E-state index is -0.305. The summed E-state index contributed by atoms with van der Waals surface area (Å²) in [6.45, 7) is -0.0803. The molecule has 0 saturated carbocycles. The number of anilines is 2. The fraction of sp³-hybridized carbons (Fsp3) is 0.185. The Hall–Kier alpha value is -3.99. The second kappa shape index (κ2) is 11.2. The van der Waals surface area contributed by atoms with Crippen molar-refractivity contribution in [2.75, 3.05) is 31.0 Å². The Bertz CT molecular complexity index is 1450. The zero-order valence-corrected chi connectivity index (χ0v) is 22.2. The minimum absolute atomic E-state index is 0.0803. The molecule has 3 aromatic heterocycles. The summed E-state index contributed by atoms with van der Waals surface area (Å²) in [5, 5.41) is 7.38. The SMILES string of the molecule is COCC(=O)Nc1cc(N2C(=S)N[C@H](c3ccccn3)[C@H]2c2cccn2-c2ccc(Cl)cn2)ccc1OC. The number of pyridine rings is 2. The third-order valence-corrected chi connectivity index (χ3v) is 6.69. The van der Waals surface area contributed by atoms with E-state index in [-0.39, 0.29) is 24.6 Å². The number of nitrogens with zero attached hydrogens (tertiary/aromatic N) is 4. The molecule has 11 heteroatoms. The second-order valence-electron chi connectivity index (χ2n) is 8.50. The maximum absolute atomic E-state index is 12.3. The van der Waals surface area contributed by atoms with Gasteiger partial charge in [0.2, 0.25) is 5.91 Å². The van der Waals surface area contributed by atoms with Crippen LogP contribution in [0.4, 0.5) is 11.4 Å². The fourth-order valence-corrected chi connectivity index (χ4v) is 5.01. The molecule has 1 saturated heterocycles. The van der Waals surface area contributed by atoms with Crippen LogP contribution in [0.2, 0.25) is 5.02 Å². The van der Waals surface area contributed by atoms with E-state index in [1.807, 2.05) is 64.2 Å². The van der Waals surface area contributed by atoms with Gasteiger partial charge in [-0.2, -0.15) is 0 Å². The van der Waals surface area contributed by atoms with E-state index in [4.69, 9.17) is 33.3 Å². The van der Waals surface area contributed by atoms with E-state index in [9.17, 15) is 4.79 Å². The molecule has 4 heterocycles. The van der Waals surface area contributed by atoms with Gasteiger partial charge in [0, 0.05) is 37.1 Å². The van der Waals surface area contributed by atoms with Crippen LogP contribution in [-0.4, -0.2) is 46.4 Å². The molecule has 0 aliphatic carbocycles. The second-order valence-corrected chi connectivity index (χ2v) is 9.32. The van der Waals surface area contributed by atoms with Crippen molar-refractivity contribution in [3.63, 3.8) is 0 Å². The lowest BCUT2D eigenvalue weighted by molar-refractivity contribution is -0.119. The first-order valence-corrected chi connectivity index (χ1v) is 12.6. The summed E-state index contributed by atoms with van der Waals surface area (Å²) < 4.78 is 12.5. The van der Waals surface area contributed by atoms with E-state index in [2.05, 4.69) is 20.6 Å². The number of rotatable bonds is 8. The van der Waals surface area contributed by atoms with Gasteiger partial charge in [-0.1, -0.05) is 17.7 Å². The van der Waals surface area contributed by atoms with Crippen LogP contribution >= 0.6 is 23.8 Å². The van der Waals surface area contributed by atoms with Gasteiger partial charge >= 0.3 is 0 Å². The van der Waals surface area contributed by atoms with Crippen molar-refractivity contribution in [3.05, 3.63) is 95.7 Å². The highest BCUT2D eigenvalue weighted by atomic mass is 35.5. The highest BCUT2D eigenvalue weighted by Gasteiger charge is 2.42. The number of hydrogen-bond acceptors (Lipinski definition) is 6. The third-order valence-electron chi connectivity index (χ3n) is 6.15. The summed E-state index contributed by atoms with van der Waals surface area (Å²) in [5.74, 6) is 0.938. The molecule has 194 valence electrons. The zero-order chi connectivity index (χ0) is 26.6. The standard InChI is InChI=1S/C27H25ClN6O3S/c1-36-16-24(35)31-20-14-18(9-10-22(20)37-2)34-26(25(32-27(34)38)19-6-3-4-12-29-19)21-7-5-13-33(21)23-11-8-17(28)15-30-23/h3-15,25-26H,16H2,1-2H3,(H,31,35)(H,32,38)/t25-,26-/m1/s1. The quantitative estimate of drug-likeness (QED) is 0.306. The molecule has 1 amide bonds. The summed E-state index contributed by atoms with van der Waals surface area (Å²) in [7, 11) is 3.02. The Morgan fingerprint density at radius 2 is 2.00 bits per heavy atom. The van der Waals surface area contributed by atoms with E-state index in [0.717, 1.165) is 17.1 Å². The van der Waals surface area contributed by atoms with E-state index < -0.39 is 0 Å². The molecule has 1 aliphatic heterocycles. The van der Waals surface area contributed by atoms with Crippen LogP contribution < -0.4 is 20.3 Å². The van der Waals surface area contributed by atoms with Gasteiger partial charge in [-0.15, -0.1) is 0 Å². The average molecular weight is 549 g/mol. The number of methoxy groups -OCH3 is 2. The van der Waals surface area contributed by atoms with Crippen molar-refractivity contribution < 1.29 is 14.3 Å². The van der Waals surface area contributed by atoms with E-state index in [0.29, 0.717) is 27.4 Å². The average Bonchev–Trinajstić information content (AvgIpc) is 3.54. The molecule has 38 heavy (non-hydrogen) atoms. The van der Waals surface area contributed by atoms with Gasteiger partial charge in [0.25, 0.3) is 0 Å². The molecule has 1 aromatic carbocycles. The summed E-state index contributed by atoms with van der Waals surface area (Å²) in [5.41, 5.74) is 3.03. The zero-order valence-electron chi connectivity index (χ0n) is 20.7. The first-order valence-electron chi connectivity index (χ1n) is 11.8. The summed E-state index contributed by atoms with van der Waals surface area (Å²) in [6, 6.07) is 18.4. The van der Waals surface area contributed by atoms with E-state index >= 15 is 0 Å². The fourth-order valence-electron chi connectivity index (χ4n) is 4.55. The Kier molecular flexibility index (Phi) is 7.54. The molecule has 0 unspecified atom stereocenters. The number of ether oxygens (including phenoxy) is 2. The van der Waals surface area contributed by atoms with Crippen molar-refractivity contribution in [3.8, 4) is 11.6 Å². The molecular weight excluding hydrogens is 524 g/mol. The first-order chi connectivity index (χ1) is 18.5. The monoisotopic (exact) mass is 548 g/mol. The molecule has 9 nitrogen and oxygen atoms in total. The van der Waals surface area contributed by atoms with Crippen molar-refractivity contribution in [1.29, 1.82) is 0 Å². The Morgan fingerprint density at radius 1 is 1.13 bits per heavy atom. The van der Waals surface area contributed by atoms with Gasteiger partial charge in [-0.05, 0) is 66.8 Å². The molecule has 1 aliphatic rings. The van der Waals surface area contributed by atoms with Crippen LogP contribution in [0.5, 0.6) is 5.75 Å². The number of amides is 1. The van der Waals surface area contributed by atoms with Crippen LogP contribution in [0, 0.1) is 0 Å². The van der Waals surface area contributed by atoms with E-state index in [1.165, 1.54) is 7.11 Å². The predicted molar refractivity (Wildman–Crippen MR) is 150 cm³/mol. The topological polar surface area (TPSA) is 93.5 Å². The van der Waals surface area contributed by atoms with Gasteiger partial charge < -0.3 is 29.6 Å². The van der Waals surface area contributed by atoms with Crippen LogP contribution in [0.1, 0.15) is 23.5 Å². The van der Waals surface area contributed by atoms with Crippen LogP contribution in [0.3, 0.4) is 0 Å². The lowest BCUT2D eigenvalue weighted by Crippen LogP contribution is -2.30. The Balaban J connectivity index is 1.62. The molecule has 4 aromatic rings. The summed E-state index contributed by atoms with van der Waals surface area (Å²) in [6.07, 6.45) is 5.33. The highest BCUT2D eigenvalue weighted by Crippen LogP contribution is 2.43. The molecule has 2 N–H and O–H groups in total. The molecule has 1 fully saturated rings.